The van der Waals surface area contributed by atoms with Crippen LogP contribution in [0.2, 0.25) is 0 Å². The largest absolute Gasteiger partial charge is 0.343 e. The topological polar surface area (TPSA) is 37.4 Å². The molecule has 74 valence electrons. The van der Waals surface area contributed by atoms with Crippen LogP contribution >= 0.6 is 0 Å². The molecule has 13 heavy (non-hydrogen) atoms. The molecule has 0 spiro atoms. The van der Waals surface area contributed by atoms with Gasteiger partial charge in [-0.05, 0) is 18.8 Å². The lowest BCUT2D eigenvalue weighted by atomic mass is 9.99. The van der Waals surface area contributed by atoms with Gasteiger partial charge in [-0.3, -0.25) is 4.79 Å². The zero-order valence-corrected chi connectivity index (χ0v) is 8.16. The fourth-order valence-corrected chi connectivity index (χ4v) is 1.60. The smallest absolute Gasteiger partial charge is 0.222 e. The molecule has 1 aliphatic rings. The Balaban J connectivity index is 2.27. The Morgan fingerprint density at radius 1 is 1.46 bits per heavy atom. The van der Waals surface area contributed by atoms with Crippen LogP contribution in [0.4, 0.5) is 0 Å². The summed E-state index contributed by atoms with van der Waals surface area (Å²) in [6.45, 7) is 3.96. The number of amides is 1. The van der Waals surface area contributed by atoms with E-state index in [2.05, 4.69) is 6.92 Å². The maximum Gasteiger partial charge on any atom is 0.222 e. The fourth-order valence-electron chi connectivity index (χ4n) is 1.60. The molecule has 1 heterocycles. The lowest BCUT2D eigenvalue weighted by Crippen LogP contribution is -2.37. The van der Waals surface area contributed by atoms with Crippen LogP contribution in [0.25, 0.3) is 0 Å². The van der Waals surface area contributed by atoms with Gasteiger partial charge in [-0.15, -0.1) is 0 Å². The monoisotopic (exact) mass is 183 g/mol. The third-order valence-electron chi connectivity index (χ3n) is 2.61. The third kappa shape index (κ3) is 3.17. The van der Waals surface area contributed by atoms with E-state index in [0.29, 0.717) is 12.8 Å². The first kappa shape index (κ1) is 10.2. The number of piperidine rings is 1. The summed E-state index contributed by atoms with van der Waals surface area (Å²) in [4.78, 5) is 23.4. The van der Waals surface area contributed by atoms with E-state index in [-0.39, 0.29) is 5.91 Å². The second kappa shape index (κ2) is 5.00. The number of aldehydes is 1. The van der Waals surface area contributed by atoms with Gasteiger partial charge >= 0.3 is 0 Å². The predicted molar refractivity (Wildman–Crippen MR) is 50.3 cm³/mol. The number of rotatable bonds is 3. The van der Waals surface area contributed by atoms with E-state index >= 15 is 0 Å². The van der Waals surface area contributed by atoms with Crippen LogP contribution in [0, 0.1) is 5.92 Å². The second-order valence-corrected chi connectivity index (χ2v) is 3.77. The van der Waals surface area contributed by atoms with Crippen LogP contribution in [0.3, 0.4) is 0 Å². The molecule has 3 nitrogen and oxygen atoms in total. The van der Waals surface area contributed by atoms with E-state index in [4.69, 9.17) is 0 Å². The van der Waals surface area contributed by atoms with Crippen LogP contribution in [0.15, 0.2) is 0 Å². The first-order valence-corrected chi connectivity index (χ1v) is 4.95. The van der Waals surface area contributed by atoms with Crippen molar-refractivity contribution in [3.05, 3.63) is 0 Å². The number of hydrogen-bond donors (Lipinski definition) is 0. The standard InChI is InChI=1S/C10H17NO2/c1-9-4-6-11(7-5-9)10(13)3-2-8-12/h8-9H,2-7H2,1H3. The van der Waals surface area contributed by atoms with E-state index in [9.17, 15) is 9.59 Å². The Kier molecular flexibility index (Phi) is 3.93. The average Bonchev–Trinajstić information content (AvgIpc) is 2.15. The van der Waals surface area contributed by atoms with E-state index in [0.717, 1.165) is 38.1 Å². The molecule has 0 radical (unpaired) electrons. The van der Waals surface area contributed by atoms with Gasteiger partial charge in [0, 0.05) is 25.9 Å². The van der Waals surface area contributed by atoms with Crippen LogP contribution in [-0.4, -0.2) is 30.2 Å². The molecule has 0 aromatic heterocycles. The summed E-state index contributed by atoms with van der Waals surface area (Å²) < 4.78 is 0. The van der Waals surface area contributed by atoms with Crippen molar-refractivity contribution in [3.8, 4) is 0 Å². The van der Waals surface area contributed by atoms with Gasteiger partial charge < -0.3 is 9.69 Å². The van der Waals surface area contributed by atoms with Crippen LogP contribution < -0.4 is 0 Å². The Bertz CT molecular complexity index is 183. The molecule has 0 aromatic carbocycles. The SMILES string of the molecule is CC1CCN(C(=O)CCC=O)CC1. The first-order chi connectivity index (χ1) is 6.24. The van der Waals surface area contributed by atoms with Crippen molar-refractivity contribution in [1.82, 2.24) is 4.90 Å². The third-order valence-corrected chi connectivity index (χ3v) is 2.61. The number of likely N-dealkylation sites (tertiary alicyclic amines) is 1. The highest BCUT2D eigenvalue weighted by atomic mass is 16.2. The highest BCUT2D eigenvalue weighted by molar-refractivity contribution is 5.78. The lowest BCUT2D eigenvalue weighted by Gasteiger charge is -2.30. The Labute approximate surface area is 79.1 Å². The summed E-state index contributed by atoms with van der Waals surface area (Å²) in [7, 11) is 0. The highest BCUT2D eigenvalue weighted by Crippen LogP contribution is 2.16. The van der Waals surface area contributed by atoms with Gasteiger partial charge in [0.2, 0.25) is 5.91 Å². The molecule has 0 unspecified atom stereocenters. The second-order valence-electron chi connectivity index (χ2n) is 3.77. The first-order valence-electron chi connectivity index (χ1n) is 4.95. The van der Waals surface area contributed by atoms with Crippen molar-refractivity contribution in [3.63, 3.8) is 0 Å². The molecule has 3 heteroatoms. The van der Waals surface area contributed by atoms with E-state index in [1.807, 2.05) is 4.90 Å². The number of carbonyl (C=O) groups is 2. The maximum atomic E-state index is 11.4. The van der Waals surface area contributed by atoms with Crippen LogP contribution in [0.1, 0.15) is 32.6 Å². The van der Waals surface area contributed by atoms with Crippen LogP contribution in [0.5, 0.6) is 0 Å². The van der Waals surface area contributed by atoms with Crippen molar-refractivity contribution < 1.29 is 9.59 Å². The lowest BCUT2D eigenvalue weighted by molar-refractivity contribution is -0.133. The summed E-state index contributed by atoms with van der Waals surface area (Å²) in [6, 6.07) is 0. The predicted octanol–water partition coefficient (Wildman–Crippen LogP) is 1.22. The molecule has 1 amide bonds. The van der Waals surface area contributed by atoms with E-state index in [1.54, 1.807) is 0 Å². The molecule has 0 N–H and O–H groups in total. The normalized spacial score (nSPS) is 18.7. The van der Waals surface area contributed by atoms with Crippen molar-refractivity contribution in [2.24, 2.45) is 5.92 Å². The van der Waals surface area contributed by atoms with Gasteiger partial charge in [0.15, 0.2) is 0 Å². The number of hydrogen-bond acceptors (Lipinski definition) is 2. The van der Waals surface area contributed by atoms with Gasteiger partial charge in [0.05, 0.1) is 0 Å². The number of nitrogens with zero attached hydrogens (tertiary/aromatic N) is 1. The minimum absolute atomic E-state index is 0.138. The van der Waals surface area contributed by atoms with Gasteiger partial charge in [0.1, 0.15) is 6.29 Å². The summed E-state index contributed by atoms with van der Waals surface area (Å²) >= 11 is 0. The zero-order chi connectivity index (χ0) is 9.68. The molecule has 0 atom stereocenters. The summed E-state index contributed by atoms with van der Waals surface area (Å²) in [5.41, 5.74) is 0. The van der Waals surface area contributed by atoms with Crippen molar-refractivity contribution in [2.45, 2.75) is 32.6 Å². The molecule has 1 saturated heterocycles. The molecule has 0 aromatic rings. The maximum absolute atomic E-state index is 11.4. The summed E-state index contributed by atoms with van der Waals surface area (Å²) in [5.74, 6) is 0.883. The summed E-state index contributed by atoms with van der Waals surface area (Å²) in [6.07, 6.45) is 3.77. The molecule has 0 bridgehead atoms. The fraction of sp³-hybridized carbons (Fsp3) is 0.800. The van der Waals surface area contributed by atoms with Gasteiger partial charge in [-0.1, -0.05) is 6.92 Å². The zero-order valence-electron chi connectivity index (χ0n) is 8.16. The Morgan fingerprint density at radius 3 is 2.62 bits per heavy atom. The van der Waals surface area contributed by atoms with E-state index < -0.39 is 0 Å². The molecule has 1 aliphatic heterocycles. The van der Waals surface area contributed by atoms with Crippen molar-refractivity contribution in [2.75, 3.05) is 13.1 Å². The molecular formula is C10H17NO2. The van der Waals surface area contributed by atoms with Gasteiger partial charge in [-0.2, -0.15) is 0 Å². The number of carbonyl (C=O) groups excluding carboxylic acids is 2. The molecular weight excluding hydrogens is 166 g/mol. The van der Waals surface area contributed by atoms with Crippen LogP contribution in [-0.2, 0) is 9.59 Å². The Morgan fingerprint density at radius 2 is 2.08 bits per heavy atom. The Hall–Kier alpha value is -0.860. The van der Waals surface area contributed by atoms with Gasteiger partial charge in [0.25, 0.3) is 0 Å². The highest BCUT2D eigenvalue weighted by Gasteiger charge is 2.19. The summed E-state index contributed by atoms with van der Waals surface area (Å²) in [5, 5.41) is 0. The molecule has 0 saturated carbocycles. The van der Waals surface area contributed by atoms with Gasteiger partial charge in [-0.25, -0.2) is 0 Å². The average molecular weight is 183 g/mol. The molecule has 1 fully saturated rings. The van der Waals surface area contributed by atoms with Crippen molar-refractivity contribution >= 4 is 12.2 Å². The minimum Gasteiger partial charge on any atom is -0.343 e. The van der Waals surface area contributed by atoms with Crippen molar-refractivity contribution in [1.29, 1.82) is 0 Å². The quantitative estimate of drug-likeness (QED) is 0.617. The molecule has 1 rings (SSSR count). The minimum atomic E-state index is 0.138. The van der Waals surface area contributed by atoms with E-state index in [1.165, 1.54) is 0 Å². The molecule has 0 aliphatic carbocycles.